The maximum absolute atomic E-state index is 12.5. The molecule has 0 radical (unpaired) electrons. The summed E-state index contributed by atoms with van der Waals surface area (Å²) < 4.78 is 0. The second kappa shape index (κ2) is 6.06. The molecule has 0 aromatic heterocycles. The third-order valence-corrected chi connectivity index (χ3v) is 3.67. The predicted molar refractivity (Wildman–Crippen MR) is 75.4 cm³/mol. The van der Waals surface area contributed by atoms with E-state index in [1.54, 1.807) is 6.07 Å². The summed E-state index contributed by atoms with van der Waals surface area (Å²) in [4.78, 5) is 14.3. The van der Waals surface area contributed by atoms with Crippen LogP contribution in [0.4, 0.5) is 0 Å². The lowest BCUT2D eigenvalue weighted by molar-refractivity contribution is 0.0692. The lowest BCUT2D eigenvalue weighted by atomic mass is 10.0. The molecule has 104 valence electrons. The van der Waals surface area contributed by atoms with E-state index in [2.05, 4.69) is 12.2 Å². The quantitative estimate of drug-likeness (QED) is 0.875. The number of amides is 1. The highest BCUT2D eigenvalue weighted by Gasteiger charge is 2.25. The lowest BCUT2D eigenvalue weighted by Crippen LogP contribution is -2.47. The van der Waals surface area contributed by atoms with Gasteiger partial charge in [-0.2, -0.15) is 0 Å². The van der Waals surface area contributed by atoms with Crippen LogP contribution in [0, 0.1) is 6.92 Å². The zero-order valence-electron chi connectivity index (χ0n) is 11.6. The van der Waals surface area contributed by atoms with Gasteiger partial charge in [0.1, 0.15) is 5.75 Å². The first-order valence-electron chi connectivity index (χ1n) is 6.94. The normalized spacial score (nSPS) is 19.5. The van der Waals surface area contributed by atoms with Crippen molar-refractivity contribution in [3.05, 3.63) is 29.3 Å². The van der Waals surface area contributed by atoms with Crippen LogP contribution in [0.3, 0.4) is 0 Å². The van der Waals surface area contributed by atoms with E-state index >= 15 is 0 Å². The largest absolute Gasteiger partial charge is 0.507 e. The molecule has 1 atom stereocenters. The maximum Gasteiger partial charge on any atom is 0.257 e. The molecule has 1 saturated heterocycles. The van der Waals surface area contributed by atoms with Gasteiger partial charge in [-0.1, -0.05) is 19.1 Å². The predicted octanol–water partition coefficient (Wildman–Crippen LogP) is 1.91. The second-order valence-corrected chi connectivity index (χ2v) is 5.12. The average Bonchev–Trinajstić information content (AvgIpc) is 2.42. The van der Waals surface area contributed by atoms with Crippen molar-refractivity contribution in [1.82, 2.24) is 10.2 Å². The van der Waals surface area contributed by atoms with Gasteiger partial charge in [-0.3, -0.25) is 4.79 Å². The molecule has 1 fully saturated rings. The number of benzene rings is 1. The Morgan fingerprint density at radius 2 is 2.32 bits per heavy atom. The zero-order valence-corrected chi connectivity index (χ0v) is 11.6. The van der Waals surface area contributed by atoms with Crippen LogP contribution in [-0.4, -0.2) is 41.6 Å². The van der Waals surface area contributed by atoms with Crippen molar-refractivity contribution in [2.45, 2.75) is 32.7 Å². The number of carbonyl (C=O) groups is 1. The van der Waals surface area contributed by atoms with Crippen LogP contribution in [0.25, 0.3) is 0 Å². The first-order valence-corrected chi connectivity index (χ1v) is 6.94. The highest BCUT2D eigenvalue weighted by Crippen LogP contribution is 2.24. The molecule has 0 saturated carbocycles. The van der Waals surface area contributed by atoms with Crippen LogP contribution in [0.1, 0.15) is 35.7 Å². The number of aryl methyl sites for hydroxylation is 1. The fourth-order valence-electron chi connectivity index (χ4n) is 2.62. The van der Waals surface area contributed by atoms with E-state index in [1.165, 1.54) is 0 Å². The molecular weight excluding hydrogens is 240 g/mol. The van der Waals surface area contributed by atoms with Gasteiger partial charge >= 0.3 is 0 Å². The topological polar surface area (TPSA) is 52.6 Å². The molecule has 1 unspecified atom stereocenters. The van der Waals surface area contributed by atoms with Gasteiger partial charge in [0.25, 0.3) is 5.91 Å². The van der Waals surface area contributed by atoms with Gasteiger partial charge in [0.15, 0.2) is 0 Å². The van der Waals surface area contributed by atoms with Crippen LogP contribution in [-0.2, 0) is 0 Å². The van der Waals surface area contributed by atoms with E-state index in [9.17, 15) is 9.90 Å². The van der Waals surface area contributed by atoms with Gasteiger partial charge in [0.2, 0.25) is 0 Å². The van der Waals surface area contributed by atoms with Gasteiger partial charge in [0, 0.05) is 19.1 Å². The number of phenolic OH excluding ortho intramolecular Hbond substituents is 1. The van der Waals surface area contributed by atoms with Crippen molar-refractivity contribution < 1.29 is 9.90 Å². The van der Waals surface area contributed by atoms with Crippen LogP contribution < -0.4 is 5.32 Å². The standard InChI is InChI=1S/C15H22N2O2/c1-3-16-12-7-5-9-17(10-12)15(19)13-8-4-6-11(2)14(13)18/h4,6,8,12,16,18H,3,5,7,9-10H2,1-2H3. The minimum Gasteiger partial charge on any atom is -0.507 e. The molecule has 0 spiro atoms. The van der Waals surface area contributed by atoms with Crippen molar-refractivity contribution in [2.75, 3.05) is 19.6 Å². The number of likely N-dealkylation sites (N-methyl/N-ethyl adjacent to an activating group) is 1. The van der Waals surface area contributed by atoms with Crippen molar-refractivity contribution in [3.8, 4) is 5.75 Å². The molecule has 4 nitrogen and oxygen atoms in total. The summed E-state index contributed by atoms with van der Waals surface area (Å²) in [5.41, 5.74) is 1.16. The Morgan fingerprint density at radius 3 is 3.05 bits per heavy atom. The minimum atomic E-state index is -0.0659. The number of carbonyl (C=O) groups excluding carboxylic acids is 1. The number of hydrogen-bond acceptors (Lipinski definition) is 3. The molecule has 2 rings (SSSR count). The van der Waals surface area contributed by atoms with Gasteiger partial charge in [-0.05, 0) is 37.9 Å². The van der Waals surface area contributed by atoms with E-state index in [0.29, 0.717) is 11.6 Å². The van der Waals surface area contributed by atoms with Crippen LogP contribution in [0.15, 0.2) is 18.2 Å². The summed E-state index contributed by atoms with van der Waals surface area (Å²) in [5, 5.41) is 13.4. The summed E-state index contributed by atoms with van der Waals surface area (Å²) in [6.45, 7) is 6.30. The number of nitrogens with zero attached hydrogens (tertiary/aromatic N) is 1. The summed E-state index contributed by atoms with van der Waals surface area (Å²) in [7, 11) is 0. The number of phenols is 1. The van der Waals surface area contributed by atoms with E-state index < -0.39 is 0 Å². The Bertz CT molecular complexity index is 457. The molecule has 1 amide bonds. The molecule has 19 heavy (non-hydrogen) atoms. The molecular formula is C15H22N2O2. The van der Waals surface area contributed by atoms with Crippen LogP contribution in [0.5, 0.6) is 5.75 Å². The molecule has 0 aliphatic carbocycles. The minimum absolute atomic E-state index is 0.0659. The van der Waals surface area contributed by atoms with E-state index in [1.807, 2.05) is 24.0 Å². The maximum atomic E-state index is 12.5. The van der Waals surface area contributed by atoms with Crippen molar-refractivity contribution in [1.29, 1.82) is 0 Å². The first-order chi connectivity index (χ1) is 9.13. The summed E-state index contributed by atoms with van der Waals surface area (Å²) in [5.74, 6) is 0.0434. The summed E-state index contributed by atoms with van der Waals surface area (Å²) in [6.07, 6.45) is 2.12. The Balaban J connectivity index is 2.12. The number of para-hydroxylation sites is 1. The molecule has 1 aliphatic rings. The average molecular weight is 262 g/mol. The first kappa shape index (κ1) is 13.9. The number of rotatable bonds is 3. The van der Waals surface area contributed by atoms with Crippen LogP contribution in [0.2, 0.25) is 0 Å². The van der Waals surface area contributed by atoms with Crippen LogP contribution >= 0.6 is 0 Å². The molecule has 1 aromatic carbocycles. The van der Waals surface area contributed by atoms with Crippen molar-refractivity contribution >= 4 is 5.91 Å². The van der Waals surface area contributed by atoms with Gasteiger partial charge in [-0.25, -0.2) is 0 Å². The number of piperidine rings is 1. The fourth-order valence-corrected chi connectivity index (χ4v) is 2.62. The van der Waals surface area contributed by atoms with Gasteiger partial charge in [0.05, 0.1) is 5.56 Å². The number of aromatic hydroxyl groups is 1. The number of likely N-dealkylation sites (tertiary alicyclic amines) is 1. The van der Waals surface area contributed by atoms with Crippen molar-refractivity contribution in [3.63, 3.8) is 0 Å². The molecule has 0 bridgehead atoms. The third kappa shape index (κ3) is 3.07. The Kier molecular flexibility index (Phi) is 4.43. The fraction of sp³-hybridized carbons (Fsp3) is 0.533. The monoisotopic (exact) mass is 262 g/mol. The van der Waals surface area contributed by atoms with Gasteiger partial charge < -0.3 is 15.3 Å². The third-order valence-electron chi connectivity index (χ3n) is 3.67. The highest BCUT2D eigenvalue weighted by molar-refractivity contribution is 5.97. The molecule has 1 heterocycles. The summed E-state index contributed by atoms with van der Waals surface area (Å²) in [6, 6.07) is 5.69. The zero-order chi connectivity index (χ0) is 13.8. The van der Waals surface area contributed by atoms with Gasteiger partial charge in [-0.15, -0.1) is 0 Å². The molecule has 2 N–H and O–H groups in total. The number of hydrogen-bond donors (Lipinski definition) is 2. The lowest BCUT2D eigenvalue weighted by Gasteiger charge is -2.33. The molecule has 1 aliphatic heterocycles. The SMILES string of the molecule is CCNC1CCCN(C(=O)c2cccc(C)c2O)C1. The summed E-state index contributed by atoms with van der Waals surface area (Å²) >= 11 is 0. The molecule has 4 heteroatoms. The van der Waals surface area contributed by atoms with E-state index in [4.69, 9.17) is 0 Å². The Morgan fingerprint density at radius 1 is 1.53 bits per heavy atom. The number of nitrogens with one attached hydrogen (secondary N) is 1. The Hall–Kier alpha value is -1.55. The highest BCUT2D eigenvalue weighted by atomic mass is 16.3. The Labute approximate surface area is 114 Å². The smallest absolute Gasteiger partial charge is 0.257 e. The van der Waals surface area contributed by atoms with E-state index in [0.717, 1.165) is 38.0 Å². The second-order valence-electron chi connectivity index (χ2n) is 5.12. The van der Waals surface area contributed by atoms with E-state index in [-0.39, 0.29) is 11.7 Å². The molecule has 1 aromatic rings. The van der Waals surface area contributed by atoms with Crippen molar-refractivity contribution in [2.24, 2.45) is 0 Å².